The lowest BCUT2D eigenvalue weighted by Gasteiger charge is -2.21. The summed E-state index contributed by atoms with van der Waals surface area (Å²) in [5, 5.41) is 7.08. The molecule has 2 amide bonds. The number of methoxy groups -OCH3 is 1. The fraction of sp³-hybridized carbons (Fsp3) is 0.333. The number of rotatable bonds is 4. The van der Waals surface area contributed by atoms with Crippen LogP contribution in [-0.4, -0.2) is 42.7 Å². The number of carbonyl (C=O) groups is 3. The summed E-state index contributed by atoms with van der Waals surface area (Å²) in [4.78, 5) is 35.5. The Hall–Kier alpha value is -2.84. The van der Waals surface area contributed by atoms with Crippen LogP contribution in [0.5, 0.6) is 0 Å². The van der Waals surface area contributed by atoms with Crippen molar-refractivity contribution < 1.29 is 27.9 Å². The van der Waals surface area contributed by atoms with E-state index in [1.807, 2.05) is 0 Å². The van der Waals surface area contributed by atoms with E-state index in [0.717, 1.165) is 30.3 Å². The van der Waals surface area contributed by atoms with Gasteiger partial charge in [0.05, 0.1) is 7.11 Å². The first-order valence-electron chi connectivity index (χ1n) is 7.01. The molecule has 0 spiro atoms. The smallest absolute Gasteiger partial charge is 0.333 e. The van der Waals surface area contributed by atoms with E-state index >= 15 is 0 Å². The van der Waals surface area contributed by atoms with Crippen LogP contribution in [0.2, 0.25) is 0 Å². The highest BCUT2D eigenvalue weighted by Gasteiger charge is 2.30. The van der Waals surface area contributed by atoms with Gasteiger partial charge in [0.1, 0.15) is 17.3 Å². The normalized spacial score (nSPS) is 15.6. The highest BCUT2D eigenvalue weighted by molar-refractivity contribution is 6.39. The van der Waals surface area contributed by atoms with Gasteiger partial charge in [0, 0.05) is 25.5 Å². The number of hydrogen-bond acceptors (Lipinski definition) is 5. The SMILES string of the molecule is COC(=O)[C@H](NC(=O)C1=NN(C)C(=O)CC1)c1cc(F)ccc1F. The largest absolute Gasteiger partial charge is 0.467 e. The summed E-state index contributed by atoms with van der Waals surface area (Å²) in [5.74, 6) is -3.63. The second-order valence-corrected chi connectivity index (χ2v) is 5.06. The van der Waals surface area contributed by atoms with Gasteiger partial charge in [-0.3, -0.25) is 9.59 Å². The van der Waals surface area contributed by atoms with E-state index in [2.05, 4.69) is 15.2 Å². The summed E-state index contributed by atoms with van der Waals surface area (Å²) in [6.07, 6.45) is 0.161. The summed E-state index contributed by atoms with van der Waals surface area (Å²) >= 11 is 0. The monoisotopic (exact) mass is 339 g/mol. The van der Waals surface area contributed by atoms with E-state index in [-0.39, 0.29) is 30.0 Å². The minimum atomic E-state index is -1.54. The molecule has 1 atom stereocenters. The molecule has 24 heavy (non-hydrogen) atoms. The molecular formula is C15H15F2N3O4. The van der Waals surface area contributed by atoms with Crippen molar-refractivity contribution in [3.8, 4) is 0 Å². The lowest BCUT2D eigenvalue weighted by molar-refractivity contribution is -0.144. The van der Waals surface area contributed by atoms with Crippen molar-refractivity contribution in [2.24, 2.45) is 5.10 Å². The molecule has 0 aromatic heterocycles. The van der Waals surface area contributed by atoms with Crippen LogP contribution >= 0.6 is 0 Å². The van der Waals surface area contributed by atoms with Gasteiger partial charge in [0.25, 0.3) is 5.91 Å². The van der Waals surface area contributed by atoms with Crippen molar-refractivity contribution in [1.29, 1.82) is 0 Å². The first kappa shape index (κ1) is 17.5. The van der Waals surface area contributed by atoms with Crippen LogP contribution in [0.1, 0.15) is 24.4 Å². The second-order valence-electron chi connectivity index (χ2n) is 5.06. The van der Waals surface area contributed by atoms with E-state index in [1.165, 1.54) is 7.05 Å². The number of carbonyl (C=O) groups excluding carboxylic acids is 3. The molecular weight excluding hydrogens is 324 g/mol. The van der Waals surface area contributed by atoms with Crippen LogP contribution < -0.4 is 5.32 Å². The number of ether oxygens (including phenoxy) is 1. The van der Waals surface area contributed by atoms with Gasteiger partial charge in [-0.1, -0.05) is 0 Å². The zero-order valence-electron chi connectivity index (χ0n) is 13.0. The quantitative estimate of drug-likeness (QED) is 0.826. The molecule has 7 nitrogen and oxygen atoms in total. The van der Waals surface area contributed by atoms with Crippen LogP contribution in [-0.2, 0) is 19.1 Å². The Morgan fingerprint density at radius 1 is 1.33 bits per heavy atom. The highest BCUT2D eigenvalue weighted by Crippen LogP contribution is 2.20. The van der Waals surface area contributed by atoms with E-state index in [9.17, 15) is 23.2 Å². The van der Waals surface area contributed by atoms with Gasteiger partial charge in [-0.25, -0.2) is 18.6 Å². The van der Waals surface area contributed by atoms with Crippen LogP contribution in [0.15, 0.2) is 23.3 Å². The fourth-order valence-corrected chi connectivity index (χ4v) is 2.16. The van der Waals surface area contributed by atoms with Gasteiger partial charge < -0.3 is 10.1 Å². The number of benzene rings is 1. The van der Waals surface area contributed by atoms with Gasteiger partial charge in [0.15, 0.2) is 6.04 Å². The third-order valence-corrected chi connectivity index (χ3v) is 3.45. The molecule has 1 heterocycles. The average Bonchev–Trinajstić information content (AvgIpc) is 2.56. The van der Waals surface area contributed by atoms with E-state index in [0.29, 0.717) is 0 Å². The van der Waals surface area contributed by atoms with Crippen molar-refractivity contribution in [1.82, 2.24) is 10.3 Å². The third kappa shape index (κ3) is 3.73. The number of amides is 2. The minimum absolute atomic E-state index is 0.00261. The predicted octanol–water partition coefficient (Wildman–Crippen LogP) is 0.903. The molecule has 1 aliphatic rings. The van der Waals surface area contributed by atoms with Gasteiger partial charge in [0.2, 0.25) is 5.91 Å². The molecule has 1 aromatic rings. The zero-order chi connectivity index (χ0) is 17.9. The molecule has 0 saturated heterocycles. The highest BCUT2D eigenvalue weighted by atomic mass is 19.1. The van der Waals surface area contributed by atoms with E-state index < -0.39 is 29.6 Å². The molecule has 0 saturated carbocycles. The van der Waals surface area contributed by atoms with Crippen LogP contribution in [0.4, 0.5) is 8.78 Å². The van der Waals surface area contributed by atoms with E-state index in [1.54, 1.807) is 0 Å². The Kier molecular flexibility index (Phi) is 5.22. The van der Waals surface area contributed by atoms with Crippen molar-refractivity contribution in [2.45, 2.75) is 18.9 Å². The number of esters is 1. The molecule has 0 fully saturated rings. The summed E-state index contributed by atoms with van der Waals surface area (Å²) in [6, 6.07) is 0.997. The summed E-state index contributed by atoms with van der Waals surface area (Å²) < 4.78 is 31.8. The van der Waals surface area contributed by atoms with Crippen LogP contribution in [0.25, 0.3) is 0 Å². The van der Waals surface area contributed by atoms with Crippen molar-refractivity contribution in [2.75, 3.05) is 14.2 Å². The van der Waals surface area contributed by atoms with Crippen LogP contribution in [0.3, 0.4) is 0 Å². The third-order valence-electron chi connectivity index (χ3n) is 3.45. The van der Waals surface area contributed by atoms with Crippen molar-refractivity contribution in [3.63, 3.8) is 0 Å². The van der Waals surface area contributed by atoms with E-state index in [4.69, 9.17) is 0 Å². The predicted molar refractivity (Wildman–Crippen MR) is 78.7 cm³/mol. The number of hydrazone groups is 1. The van der Waals surface area contributed by atoms with Crippen molar-refractivity contribution in [3.05, 3.63) is 35.4 Å². The summed E-state index contributed by atoms with van der Waals surface area (Å²) in [5.41, 5.74) is -0.362. The Balaban J connectivity index is 2.28. The fourth-order valence-electron chi connectivity index (χ4n) is 2.16. The Bertz CT molecular complexity index is 721. The number of hydrogen-bond donors (Lipinski definition) is 1. The molecule has 2 rings (SSSR count). The minimum Gasteiger partial charge on any atom is -0.467 e. The molecule has 0 aliphatic carbocycles. The van der Waals surface area contributed by atoms with Gasteiger partial charge >= 0.3 is 5.97 Å². The lowest BCUT2D eigenvalue weighted by atomic mass is 10.0. The molecule has 9 heteroatoms. The number of nitrogens with one attached hydrogen (secondary N) is 1. The Morgan fingerprint density at radius 3 is 2.67 bits per heavy atom. The summed E-state index contributed by atoms with van der Waals surface area (Å²) in [7, 11) is 2.45. The van der Waals surface area contributed by atoms with Crippen LogP contribution in [0, 0.1) is 11.6 Å². The lowest BCUT2D eigenvalue weighted by Crippen LogP contribution is -2.42. The maximum Gasteiger partial charge on any atom is 0.333 e. The van der Waals surface area contributed by atoms with Gasteiger partial charge in [-0.05, 0) is 18.2 Å². The second kappa shape index (κ2) is 7.16. The maximum absolute atomic E-state index is 13.9. The molecule has 0 bridgehead atoms. The molecule has 0 radical (unpaired) electrons. The zero-order valence-corrected chi connectivity index (χ0v) is 13.0. The standard InChI is InChI=1S/C15H15F2N3O4/c1-20-12(21)6-5-11(19-20)14(22)18-13(15(23)24-2)9-7-8(16)3-4-10(9)17/h3-4,7,13H,5-6H2,1-2H3,(H,18,22)/t13-/m1/s1. The van der Waals surface area contributed by atoms with Gasteiger partial charge in [-0.15, -0.1) is 0 Å². The number of halogens is 2. The average molecular weight is 339 g/mol. The summed E-state index contributed by atoms with van der Waals surface area (Å²) in [6.45, 7) is 0. The molecule has 0 unspecified atom stereocenters. The first-order valence-corrected chi connectivity index (χ1v) is 7.01. The Morgan fingerprint density at radius 2 is 2.04 bits per heavy atom. The molecule has 1 aromatic carbocycles. The molecule has 1 aliphatic heterocycles. The van der Waals surface area contributed by atoms with Gasteiger partial charge in [-0.2, -0.15) is 5.10 Å². The Labute approximate surface area is 136 Å². The van der Waals surface area contributed by atoms with Crippen molar-refractivity contribution >= 4 is 23.5 Å². The maximum atomic E-state index is 13.9. The topological polar surface area (TPSA) is 88.1 Å². The molecule has 1 N–H and O–H groups in total. The molecule has 128 valence electrons. The number of nitrogens with zero attached hydrogens (tertiary/aromatic N) is 2. The first-order chi connectivity index (χ1) is 11.3.